The van der Waals surface area contributed by atoms with E-state index in [-0.39, 0.29) is 0 Å². The number of hydrogen-bond acceptors (Lipinski definition) is 2. The maximum Gasteiger partial charge on any atom is 0.306 e. The highest BCUT2D eigenvalue weighted by Crippen LogP contribution is 1.62. The number of nitrogens with two attached hydrogens (primary N) is 1. The minimum Gasteiger partial charge on any atom is -0.362 e. The molecule has 3 nitrogen and oxygen atoms in total. The molecule has 0 saturated heterocycles. The van der Waals surface area contributed by atoms with Crippen molar-refractivity contribution in [3.8, 4) is 0 Å². The summed E-state index contributed by atoms with van der Waals surface area (Å²) in [6.07, 6.45) is 0. The molecule has 0 aliphatic heterocycles. The van der Waals surface area contributed by atoms with Gasteiger partial charge < -0.3 is 5.73 Å². The number of carbonyl (C=O) groups is 1. The van der Waals surface area contributed by atoms with Crippen LogP contribution in [-0.2, 0) is 9.90 Å². The van der Waals surface area contributed by atoms with Crippen molar-refractivity contribution in [2.45, 2.75) is 0 Å². The van der Waals surface area contributed by atoms with Crippen molar-refractivity contribution >= 4 is 23.2 Å². The summed E-state index contributed by atoms with van der Waals surface area (Å²) in [5.74, 6) is -1.06. The van der Waals surface area contributed by atoms with Crippen LogP contribution in [0.1, 0.15) is 0 Å². The summed E-state index contributed by atoms with van der Waals surface area (Å²) in [6.45, 7) is 0. The monoisotopic (exact) mass is 104 g/mol. The molecular formula is C2H2NO2S. The van der Waals surface area contributed by atoms with E-state index >= 15 is 0 Å². The molecule has 0 bridgehead atoms. The van der Waals surface area contributed by atoms with Crippen molar-refractivity contribution in [1.29, 1.82) is 0 Å². The summed E-state index contributed by atoms with van der Waals surface area (Å²) in [4.78, 5) is 9.47. The van der Waals surface area contributed by atoms with E-state index in [0.717, 1.165) is 0 Å². The smallest absolute Gasteiger partial charge is 0.306 e. The molecule has 33 valence electrons. The Hall–Kier alpha value is -0.640. The minimum atomic E-state index is -1.06. The lowest BCUT2D eigenvalue weighted by molar-refractivity contribution is -0.113. The molecule has 1 amide bonds. The van der Waals surface area contributed by atoms with E-state index in [1.54, 1.807) is 0 Å². The van der Waals surface area contributed by atoms with Crippen molar-refractivity contribution in [3.63, 3.8) is 0 Å². The molecule has 0 aliphatic carbocycles. The zero-order valence-corrected chi connectivity index (χ0v) is 3.62. The Morgan fingerprint density at radius 2 is 1.83 bits per heavy atom. The van der Waals surface area contributed by atoms with Gasteiger partial charge in [-0.05, 0) is 12.2 Å². The Labute approximate surface area is 39.8 Å². The maximum atomic E-state index is 9.48. The van der Waals surface area contributed by atoms with Crippen LogP contribution in [0.2, 0.25) is 0 Å². The van der Waals surface area contributed by atoms with Gasteiger partial charge in [-0.15, -0.1) is 0 Å². The molecule has 2 N–H and O–H groups in total. The molecule has 0 spiro atoms. The molecule has 0 unspecified atom stereocenters. The Morgan fingerprint density at radius 1 is 1.67 bits per heavy atom. The zero-order chi connectivity index (χ0) is 5.15. The van der Waals surface area contributed by atoms with Crippen LogP contribution < -0.4 is 5.73 Å². The summed E-state index contributed by atoms with van der Waals surface area (Å²) < 4.78 is 0. The molecule has 1 radical (unpaired) electrons. The van der Waals surface area contributed by atoms with Crippen molar-refractivity contribution in [2.24, 2.45) is 5.73 Å². The lowest BCUT2D eigenvalue weighted by atomic mass is 10.7. The normalized spacial score (nSPS) is 7.33. The van der Waals surface area contributed by atoms with Crippen LogP contribution in [0, 0.1) is 0 Å². The molecule has 6 heavy (non-hydrogen) atoms. The summed E-state index contributed by atoms with van der Waals surface area (Å²) in [7, 11) is 0. The van der Waals surface area contributed by atoms with Crippen molar-refractivity contribution in [3.05, 3.63) is 0 Å². The first-order valence-electron chi connectivity index (χ1n) is 1.15. The van der Waals surface area contributed by atoms with Gasteiger partial charge in [0.25, 0.3) is 0 Å². The molecule has 0 fully saturated rings. The van der Waals surface area contributed by atoms with Gasteiger partial charge in [-0.25, -0.2) is 0 Å². The fraction of sp³-hybridized carbons (Fsp3) is 0. The first-order valence-corrected chi connectivity index (χ1v) is 1.56. The Kier molecular flexibility index (Phi) is 1.53. The van der Waals surface area contributed by atoms with Crippen LogP contribution >= 0.6 is 12.2 Å². The highest BCUT2D eigenvalue weighted by molar-refractivity contribution is 7.81. The SMILES string of the molecule is NC(=O)C([O])=S. The number of primary amides is 1. The average molecular weight is 104 g/mol. The van der Waals surface area contributed by atoms with E-state index < -0.39 is 11.0 Å². The fourth-order valence-corrected chi connectivity index (χ4v) is 0. The number of hydrogen-bond donors (Lipinski definition) is 1. The lowest BCUT2D eigenvalue weighted by Crippen LogP contribution is -2.18. The topological polar surface area (TPSA) is 63.0 Å². The van der Waals surface area contributed by atoms with E-state index in [0.29, 0.717) is 0 Å². The van der Waals surface area contributed by atoms with Crippen molar-refractivity contribution < 1.29 is 9.90 Å². The summed E-state index contributed by atoms with van der Waals surface area (Å²) >= 11 is 3.79. The molecule has 0 rings (SSSR count). The van der Waals surface area contributed by atoms with E-state index in [1.165, 1.54) is 0 Å². The van der Waals surface area contributed by atoms with E-state index in [1.807, 2.05) is 0 Å². The number of amides is 1. The predicted molar refractivity (Wildman–Crippen MR) is 22.5 cm³/mol. The maximum absolute atomic E-state index is 9.48. The van der Waals surface area contributed by atoms with Gasteiger partial charge in [0, 0.05) is 0 Å². The van der Waals surface area contributed by atoms with Gasteiger partial charge in [-0.1, -0.05) is 0 Å². The van der Waals surface area contributed by atoms with Crippen LogP contribution in [-0.4, -0.2) is 11.0 Å². The molecule has 0 heterocycles. The van der Waals surface area contributed by atoms with Crippen LogP contribution in [0.5, 0.6) is 0 Å². The fourth-order valence-electron chi connectivity index (χ4n) is 0. The van der Waals surface area contributed by atoms with Crippen LogP contribution in [0.3, 0.4) is 0 Å². The second-order valence-corrected chi connectivity index (χ2v) is 1.02. The third-order valence-corrected chi connectivity index (χ3v) is 0.402. The van der Waals surface area contributed by atoms with Crippen LogP contribution in [0.15, 0.2) is 0 Å². The van der Waals surface area contributed by atoms with Gasteiger partial charge in [0.2, 0.25) is 0 Å². The summed E-state index contributed by atoms with van der Waals surface area (Å²) in [5.41, 5.74) is 4.34. The first kappa shape index (κ1) is 5.36. The Bertz CT molecular complexity index is 77.5. The minimum absolute atomic E-state index is 1.02. The zero-order valence-electron chi connectivity index (χ0n) is 2.80. The van der Waals surface area contributed by atoms with Gasteiger partial charge in [0.05, 0.1) is 0 Å². The first-order chi connectivity index (χ1) is 2.64. The lowest BCUT2D eigenvalue weighted by Gasteiger charge is -1.73. The van der Waals surface area contributed by atoms with Crippen LogP contribution in [0.4, 0.5) is 0 Å². The molecule has 0 aromatic carbocycles. The molecule has 0 aromatic heterocycles. The second-order valence-electron chi connectivity index (χ2n) is 0.652. The molecule has 0 aromatic rings. The van der Waals surface area contributed by atoms with E-state index in [9.17, 15) is 9.90 Å². The molecular weight excluding hydrogens is 102 g/mol. The standard InChI is InChI=1S/C2H2NO2S/c3-1(4)2(5)6/h(H2,3,4). The number of thiocarbonyl (C=S) groups is 1. The predicted octanol–water partition coefficient (Wildman–Crippen LogP) is -0.770. The molecule has 0 atom stereocenters. The van der Waals surface area contributed by atoms with E-state index in [4.69, 9.17) is 0 Å². The largest absolute Gasteiger partial charge is 0.362 e. The quantitative estimate of drug-likeness (QED) is 0.410. The average Bonchev–Trinajstić information content (AvgIpc) is 1.36. The summed E-state index contributed by atoms with van der Waals surface area (Å²) in [5, 5.41) is 8.47. The van der Waals surface area contributed by atoms with Crippen LogP contribution in [0.25, 0.3) is 0 Å². The van der Waals surface area contributed by atoms with Gasteiger partial charge in [0.15, 0.2) is 0 Å². The Balaban J connectivity index is 3.57. The van der Waals surface area contributed by atoms with E-state index in [2.05, 4.69) is 18.0 Å². The van der Waals surface area contributed by atoms with Crippen molar-refractivity contribution in [2.75, 3.05) is 0 Å². The number of carbonyl (C=O) groups excluding carboxylic acids is 1. The molecule has 4 heteroatoms. The highest BCUT2D eigenvalue weighted by atomic mass is 32.1. The third-order valence-electron chi connectivity index (χ3n) is 0.201. The third kappa shape index (κ3) is 1.66. The van der Waals surface area contributed by atoms with Gasteiger partial charge in [-0.2, -0.15) is 0 Å². The molecule has 0 aliphatic rings. The van der Waals surface area contributed by atoms with Crippen molar-refractivity contribution in [1.82, 2.24) is 0 Å². The van der Waals surface area contributed by atoms with Gasteiger partial charge in [-0.3, -0.25) is 9.90 Å². The molecule has 0 saturated carbocycles. The highest BCUT2D eigenvalue weighted by Gasteiger charge is 1.98. The Morgan fingerprint density at radius 3 is 1.83 bits per heavy atom. The summed E-state index contributed by atoms with van der Waals surface area (Å²) in [6, 6.07) is 0. The number of rotatable bonds is 0. The second kappa shape index (κ2) is 1.71. The van der Waals surface area contributed by atoms with Gasteiger partial charge >= 0.3 is 11.0 Å². The van der Waals surface area contributed by atoms with Gasteiger partial charge in [0.1, 0.15) is 0 Å².